The van der Waals surface area contributed by atoms with Crippen LogP contribution in [0, 0.1) is 19.7 Å². The molecule has 0 aromatic heterocycles. The molecule has 2 rings (SSSR count). The molecule has 2 heteroatoms. The van der Waals surface area contributed by atoms with E-state index in [0.29, 0.717) is 12.0 Å². The minimum atomic E-state index is -0.567. The fourth-order valence-electron chi connectivity index (χ4n) is 2.30. The number of nitrogens with two attached hydrogens (primary N) is 1. The van der Waals surface area contributed by atoms with Crippen molar-refractivity contribution in [3.63, 3.8) is 0 Å². The summed E-state index contributed by atoms with van der Waals surface area (Å²) in [4.78, 5) is 0. The quantitative estimate of drug-likeness (QED) is 0.887. The molecule has 0 aliphatic heterocycles. The van der Waals surface area contributed by atoms with E-state index in [-0.39, 0.29) is 5.82 Å². The van der Waals surface area contributed by atoms with Gasteiger partial charge in [-0.1, -0.05) is 42.0 Å². The molecular weight excluding hydrogens is 237 g/mol. The van der Waals surface area contributed by atoms with Gasteiger partial charge in [-0.2, -0.15) is 0 Å². The summed E-state index contributed by atoms with van der Waals surface area (Å²) in [6.07, 6.45) is 0.692. The van der Waals surface area contributed by atoms with Gasteiger partial charge in [-0.25, -0.2) is 4.39 Å². The Morgan fingerprint density at radius 3 is 2.47 bits per heavy atom. The first-order valence-corrected chi connectivity index (χ1v) is 6.49. The molecule has 2 aromatic rings. The Labute approximate surface area is 114 Å². The normalized spacial score (nSPS) is 14.2. The molecule has 1 unspecified atom stereocenters. The lowest BCUT2D eigenvalue weighted by Crippen LogP contribution is -2.35. The third-order valence-electron chi connectivity index (χ3n) is 3.49. The van der Waals surface area contributed by atoms with Crippen molar-refractivity contribution in [1.82, 2.24) is 0 Å². The Morgan fingerprint density at radius 2 is 1.84 bits per heavy atom. The maximum absolute atomic E-state index is 13.7. The van der Waals surface area contributed by atoms with Crippen molar-refractivity contribution in [3.05, 3.63) is 70.5 Å². The molecule has 0 saturated heterocycles. The molecule has 0 aliphatic rings. The molecule has 19 heavy (non-hydrogen) atoms. The number of aryl methyl sites for hydroxylation is 2. The lowest BCUT2D eigenvalue weighted by Gasteiger charge is -2.26. The highest BCUT2D eigenvalue weighted by Gasteiger charge is 2.22. The molecule has 0 radical (unpaired) electrons. The lowest BCUT2D eigenvalue weighted by molar-refractivity contribution is 0.485. The second-order valence-corrected chi connectivity index (χ2v) is 5.55. The first-order valence-electron chi connectivity index (χ1n) is 6.49. The molecule has 0 amide bonds. The van der Waals surface area contributed by atoms with Crippen LogP contribution in [0.5, 0.6) is 0 Å². The standard InChI is InChI=1S/C17H20FN/c1-12-5-4-6-14(9-12)11-17(3,19)15-8-7-13(2)16(18)10-15/h4-10H,11,19H2,1-3H3. The topological polar surface area (TPSA) is 26.0 Å². The fourth-order valence-corrected chi connectivity index (χ4v) is 2.30. The zero-order chi connectivity index (χ0) is 14.0. The van der Waals surface area contributed by atoms with E-state index < -0.39 is 5.54 Å². The van der Waals surface area contributed by atoms with Crippen LogP contribution in [0.1, 0.15) is 29.2 Å². The van der Waals surface area contributed by atoms with Crippen LogP contribution in [-0.4, -0.2) is 0 Å². The van der Waals surface area contributed by atoms with Crippen LogP contribution < -0.4 is 5.73 Å². The summed E-state index contributed by atoms with van der Waals surface area (Å²) in [5.41, 5.74) is 9.67. The highest BCUT2D eigenvalue weighted by atomic mass is 19.1. The number of hydrogen-bond donors (Lipinski definition) is 1. The molecule has 0 saturated carbocycles. The van der Waals surface area contributed by atoms with E-state index >= 15 is 0 Å². The van der Waals surface area contributed by atoms with Crippen LogP contribution in [0.15, 0.2) is 42.5 Å². The zero-order valence-corrected chi connectivity index (χ0v) is 11.7. The van der Waals surface area contributed by atoms with Gasteiger partial charge < -0.3 is 5.73 Å². The summed E-state index contributed by atoms with van der Waals surface area (Å²) in [5, 5.41) is 0. The van der Waals surface area contributed by atoms with Gasteiger partial charge in [-0.15, -0.1) is 0 Å². The van der Waals surface area contributed by atoms with Crippen molar-refractivity contribution in [2.75, 3.05) is 0 Å². The van der Waals surface area contributed by atoms with Gasteiger partial charge in [0.1, 0.15) is 5.82 Å². The van der Waals surface area contributed by atoms with Crippen molar-refractivity contribution in [2.45, 2.75) is 32.7 Å². The Hall–Kier alpha value is -1.67. The third-order valence-corrected chi connectivity index (χ3v) is 3.49. The maximum atomic E-state index is 13.7. The maximum Gasteiger partial charge on any atom is 0.126 e. The third kappa shape index (κ3) is 3.21. The average molecular weight is 257 g/mol. The van der Waals surface area contributed by atoms with Gasteiger partial charge in [0.2, 0.25) is 0 Å². The predicted octanol–water partition coefficient (Wildman–Crippen LogP) is 3.86. The van der Waals surface area contributed by atoms with Crippen molar-refractivity contribution < 1.29 is 4.39 Å². The van der Waals surface area contributed by atoms with E-state index in [2.05, 4.69) is 25.1 Å². The van der Waals surface area contributed by atoms with Crippen LogP contribution in [0.4, 0.5) is 4.39 Å². The first kappa shape index (κ1) is 13.8. The summed E-state index contributed by atoms with van der Waals surface area (Å²) >= 11 is 0. The van der Waals surface area contributed by atoms with Crippen LogP contribution in [-0.2, 0) is 12.0 Å². The van der Waals surface area contributed by atoms with E-state index in [9.17, 15) is 4.39 Å². The highest BCUT2D eigenvalue weighted by molar-refractivity contribution is 5.32. The second kappa shape index (κ2) is 5.14. The van der Waals surface area contributed by atoms with Crippen LogP contribution >= 0.6 is 0 Å². The summed E-state index contributed by atoms with van der Waals surface area (Å²) in [7, 11) is 0. The smallest absolute Gasteiger partial charge is 0.126 e. The van der Waals surface area contributed by atoms with E-state index in [4.69, 9.17) is 5.73 Å². The van der Waals surface area contributed by atoms with Crippen LogP contribution in [0.2, 0.25) is 0 Å². The number of rotatable bonds is 3. The van der Waals surface area contributed by atoms with E-state index in [0.717, 1.165) is 5.56 Å². The van der Waals surface area contributed by atoms with Gasteiger partial charge >= 0.3 is 0 Å². The molecule has 0 heterocycles. The summed E-state index contributed by atoms with van der Waals surface area (Å²) < 4.78 is 13.7. The van der Waals surface area contributed by atoms with Crippen molar-refractivity contribution >= 4 is 0 Å². The molecule has 0 spiro atoms. The largest absolute Gasteiger partial charge is 0.321 e. The molecular formula is C17H20FN. The molecule has 0 fully saturated rings. The second-order valence-electron chi connectivity index (χ2n) is 5.55. The lowest BCUT2D eigenvalue weighted by atomic mass is 9.86. The Bertz CT molecular complexity index is 588. The first-order chi connectivity index (χ1) is 8.88. The summed E-state index contributed by atoms with van der Waals surface area (Å²) in [5.74, 6) is -0.196. The number of hydrogen-bond acceptors (Lipinski definition) is 1. The predicted molar refractivity (Wildman–Crippen MR) is 77.6 cm³/mol. The average Bonchev–Trinajstić information content (AvgIpc) is 2.32. The SMILES string of the molecule is Cc1cccc(CC(C)(N)c2ccc(C)c(F)c2)c1. The van der Waals surface area contributed by atoms with E-state index in [1.165, 1.54) is 11.1 Å². The Kier molecular flexibility index (Phi) is 3.72. The molecule has 0 bridgehead atoms. The van der Waals surface area contributed by atoms with Crippen molar-refractivity contribution in [1.29, 1.82) is 0 Å². The van der Waals surface area contributed by atoms with Gasteiger partial charge in [0.05, 0.1) is 0 Å². The molecule has 0 aliphatic carbocycles. The van der Waals surface area contributed by atoms with Gasteiger partial charge in [0, 0.05) is 5.54 Å². The molecule has 100 valence electrons. The minimum absolute atomic E-state index is 0.196. The van der Waals surface area contributed by atoms with Gasteiger partial charge in [-0.05, 0) is 49.9 Å². The van der Waals surface area contributed by atoms with Crippen LogP contribution in [0.3, 0.4) is 0 Å². The fraction of sp³-hybridized carbons (Fsp3) is 0.294. The van der Waals surface area contributed by atoms with Crippen molar-refractivity contribution in [3.8, 4) is 0 Å². The van der Waals surface area contributed by atoms with Crippen molar-refractivity contribution in [2.24, 2.45) is 5.73 Å². The number of benzene rings is 2. The summed E-state index contributed by atoms with van der Waals surface area (Å²) in [6.45, 7) is 5.76. The van der Waals surface area contributed by atoms with Gasteiger partial charge in [0.25, 0.3) is 0 Å². The molecule has 1 nitrogen and oxygen atoms in total. The summed E-state index contributed by atoms with van der Waals surface area (Å²) in [6, 6.07) is 13.5. The van der Waals surface area contributed by atoms with E-state index in [1.54, 1.807) is 19.1 Å². The van der Waals surface area contributed by atoms with Gasteiger partial charge in [-0.3, -0.25) is 0 Å². The van der Waals surface area contributed by atoms with E-state index in [1.807, 2.05) is 19.1 Å². The zero-order valence-electron chi connectivity index (χ0n) is 11.7. The highest BCUT2D eigenvalue weighted by Crippen LogP contribution is 2.24. The molecule has 1 atom stereocenters. The Morgan fingerprint density at radius 1 is 1.11 bits per heavy atom. The molecule has 2 aromatic carbocycles. The molecule has 2 N–H and O–H groups in total. The number of halogens is 1. The van der Waals surface area contributed by atoms with Gasteiger partial charge in [0.15, 0.2) is 0 Å². The Balaban J connectivity index is 2.29. The minimum Gasteiger partial charge on any atom is -0.321 e. The van der Waals surface area contributed by atoms with Crippen LogP contribution in [0.25, 0.3) is 0 Å². The monoisotopic (exact) mass is 257 g/mol.